The van der Waals surface area contributed by atoms with E-state index in [0.29, 0.717) is 18.2 Å². The average molecular weight is 451 g/mol. The normalized spacial score (nSPS) is 16.2. The topological polar surface area (TPSA) is 82.0 Å². The summed E-state index contributed by atoms with van der Waals surface area (Å²) in [5, 5.41) is 23.3. The highest BCUT2D eigenvalue weighted by Crippen LogP contribution is 2.21. The van der Waals surface area contributed by atoms with E-state index < -0.39 is 17.9 Å². The molecule has 6 nitrogen and oxygen atoms in total. The number of likely N-dealkylation sites (tertiary alicyclic amines) is 1. The van der Waals surface area contributed by atoms with Crippen molar-refractivity contribution in [2.45, 2.75) is 38.0 Å². The molecule has 2 aromatic rings. The largest absolute Gasteiger partial charge is 0.490 e. The molecule has 1 saturated heterocycles. The highest BCUT2D eigenvalue weighted by molar-refractivity contribution is 6.30. The Labute approximate surface area is 186 Å². The minimum atomic E-state index is -1.03. The molecule has 3 rings (SSSR count). The maximum absolute atomic E-state index is 13.5. The molecule has 0 bridgehead atoms. The van der Waals surface area contributed by atoms with Crippen molar-refractivity contribution in [1.82, 2.24) is 10.2 Å². The summed E-state index contributed by atoms with van der Waals surface area (Å²) >= 11 is 5.93. The molecule has 2 aromatic carbocycles. The van der Waals surface area contributed by atoms with Gasteiger partial charge in [-0.1, -0.05) is 29.8 Å². The molecule has 0 unspecified atom stereocenters. The van der Waals surface area contributed by atoms with Gasteiger partial charge in [0.15, 0.2) is 0 Å². The van der Waals surface area contributed by atoms with Crippen LogP contribution in [0.2, 0.25) is 5.02 Å². The van der Waals surface area contributed by atoms with E-state index >= 15 is 0 Å². The molecule has 0 spiro atoms. The van der Waals surface area contributed by atoms with E-state index in [4.69, 9.17) is 21.4 Å². The van der Waals surface area contributed by atoms with E-state index in [0.717, 1.165) is 43.6 Å². The molecule has 168 valence electrons. The van der Waals surface area contributed by atoms with E-state index in [-0.39, 0.29) is 18.8 Å². The molecule has 0 aliphatic carbocycles. The van der Waals surface area contributed by atoms with Crippen LogP contribution in [0, 0.1) is 5.82 Å². The molecule has 0 saturated carbocycles. The monoisotopic (exact) mass is 450 g/mol. The maximum Gasteiger partial charge on any atom is 0.307 e. The van der Waals surface area contributed by atoms with Crippen LogP contribution < -0.4 is 10.1 Å². The van der Waals surface area contributed by atoms with Crippen LogP contribution in [-0.4, -0.2) is 59.5 Å². The van der Waals surface area contributed by atoms with Crippen molar-refractivity contribution in [2.75, 3.05) is 26.2 Å². The number of rotatable bonds is 10. The van der Waals surface area contributed by atoms with Crippen LogP contribution in [0.25, 0.3) is 0 Å². The lowest BCUT2D eigenvalue weighted by molar-refractivity contribution is -0.136. The summed E-state index contributed by atoms with van der Waals surface area (Å²) in [6.07, 6.45) is 0.910. The standard InChI is InChI=1S/C23H28ClFN2O4/c24-18-4-1-16(2-5-18)14-27-9-7-20(8-10-27)26-13-21(28)15-31-22-12-19(25)6-3-17(22)11-23(29)30/h1-6,12,20-21,26,28H,7-11,13-15H2,(H,29,30)/t21-/m0/s1. The molecule has 0 amide bonds. The first-order chi connectivity index (χ1) is 14.9. The van der Waals surface area contributed by atoms with E-state index in [9.17, 15) is 14.3 Å². The van der Waals surface area contributed by atoms with Gasteiger partial charge in [0.05, 0.1) is 6.42 Å². The molecule has 3 N–H and O–H groups in total. The van der Waals surface area contributed by atoms with Gasteiger partial charge in [-0.05, 0) is 49.7 Å². The van der Waals surface area contributed by atoms with Crippen LogP contribution in [0.5, 0.6) is 5.75 Å². The predicted molar refractivity (Wildman–Crippen MR) is 117 cm³/mol. The second-order valence-corrected chi connectivity index (χ2v) is 8.31. The van der Waals surface area contributed by atoms with E-state index in [1.807, 2.05) is 24.3 Å². The Balaban J connectivity index is 1.38. The Morgan fingerprint density at radius 3 is 2.61 bits per heavy atom. The van der Waals surface area contributed by atoms with Crippen molar-refractivity contribution in [3.8, 4) is 5.75 Å². The minimum absolute atomic E-state index is 0.0432. The number of ether oxygens (including phenoxy) is 1. The Hall–Kier alpha value is -2.19. The zero-order valence-corrected chi connectivity index (χ0v) is 18.0. The highest BCUT2D eigenvalue weighted by atomic mass is 35.5. The fraction of sp³-hybridized carbons (Fsp3) is 0.435. The Morgan fingerprint density at radius 1 is 1.23 bits per heavy atom. The Kier molecular flexibility index (Phi) is 8.66. The van der Waals surface area contributed by atoms with Gasteiger partial charge in [0.25, 0.3) is 0 Å². The van der Waals surface area contributed by atoms with Crippen molar-refractivity contribution >= 4 is 17.6 Å². The van der Waals surface area contributed by atoms with Crippen molar-refractivity contribution in [2.24, 2.45) is 0 Å². The van der Waals surface area contributed by atoms with Crippen LogP contribution in [0.15, 0.2) is 42.5 Å². The number of piperidine rings is 1. The van der Waals surface area contributed by atoms with Gasteiger partial charge in [0.2, 0.25) is 0 Å². The smallest absolute Gasteiger partial charge is 0.307 e. The third-order valence-corrected chi connectivity index (χ3v) is 5.60. The lowest BCUT2D eigenvalue weighted by Crippen LogP contribution is -2.45. The SMILES string of the molecule is O=C(O)Cc1ccc(F)cc1OC[C@@H](O)CNC1CCN(Cc2ccc(Cl)cc2)CC1. The Morgan fingerprint density at radius 2 is 1.94 bits per heavy atom. The first kappa shape index (κ1) is 23.5. The number of aliphatic carboxylic acids is 1. The number of aliphatic hydroxyl groups is 1. The third-order valence-electron chi connectivity index (χ3n) is 5.35. The fourth-order valence-electron chi connectivity index (χ4n) is 3.66. The summed E-state index contributed by atoms with van der Waals surface area (Å²) in [4.78, 5) is 13.3. The van der Waals surface area contributed by atoms with Crippen LogP contribution >= 0.6 is 11.6 Å². The summed E-state index contributed by atoms with van der Waals surface area (Å²) in [5.74, 6) is -1.39. The lowest BCUT2D eigenvalue weighted by atomic mass is 10.0. The number of hydrogen-bond acceptors (Lipinski definition) is 5. The van der Waals surface area contributed by atoms with Crippen LogP contribution in [-0.2, 0) is 17.8 Å². The zero-order valence-electron chi connectivity index (χ0n) is 17.3. The maximum atomic E-state index is 13.5. The van der Waals surface area contributed by atoms with Crippen molar-refractivity contribution in [1.29, 1.82) is 0 Å². The molecule has 1 atom stereocenters. The van der Waals surface area contributed by atoms with Gasteiger partial charge in [-0.2, -0.15) is 0 Å². The van der Waals surface area contributed by atoms with E-state index in [1.165, 1.54) is 17.7 Å². The number of carboxylic acids is 1. The van der Waals surface area contributed by atoms with Gasteiger partial charge in [-0.15, -0.1) is 0 Å². The molecular formula is C23H28ClFN2O4. The fourth-order valence-corrected chi connectivity index (χ4v) is 3.79. The first-order valence-corrected chi connectivity index (χ1v) is 10.8. The van der Waals surface area contributed by atoms with Gasteiger partial charge in [-0.3, -0.25) is 9.69 Å². The molecule has 1 aliphatic heterocycles. The number of halogens is 2. The van der Waals surface area contributed by atoms with Gasteiger partial charge in [-0.25, -0.2) is 4.39 Å². The first-order valence-electron chi connectivity index (χ1n) is 10.4. The molecule has 1 heterocycles. The van der Waals surface area contributed by atoms with Crippen molar-refractivity contribution < 1.29 is 24.1 Å². The quantitative estimate of drug-likeness (QED) is 0.516. The van der Waals surface area contributed by atoms with Gasteiger partial charge in [0.1, 0.15) is 24.3 Å². The summed E-state index contributed by atoms with van der Waals surface area (Å²) in [5.41, 5.74) is 1.62. The van der Waals surface area contributed by atoms with Gasteiger partial charge >= 0.3 is 5.97 Å². The number of nitrogens with zero attached hydrogens (tertiary/aromatic N) is 1. The summed E-state index contributed by atoms with van der Waals surface area (Å²) in [6, 6.07) is 11.9. The van der Waals surface area contributed by atoms with Crippen molar-refractivity contribution in [3.63, 3.8) is 0 Å². The predicted octanol–water partition coefficient (Wildman–Crippen LogP) is 3.10. The van der Waals surface area contributed by atoms with Crippen LogP contribution in [0.4, 0.5) is 4.39 Å². The number of carboxylic acid groups (broad SMARTS) is 1. The highest BCUT2D eigenvalue weighted by Gasteiger charge is 2.20. The third kappa shape index (κ3) is 7.78. The molecule has 8 heteroatoms. The van der Waals surface area contributed by atoms with Crippen LogP contribution in [0.1, 0.15) is 24.0 Å². The van der Waals surface area contributed by atoms with E-state index in [2.05, 4.69) is 10.2 Å². The number of nitrogens with one attached hydrogen (secondary N) is 1. The second kappa shape index (κ2) is 11.4. The molecule has 0 aromatic heterocycles. The molecule has 1 fully saturated rings. The molecule has 0 radical (unpaired) electrons. The minimum Gasteiger partial charge on any atom is -0.490 e. The van der Waals surface area contributed by atoms with Crippen LogP contribution in [0.3, 0.4) is 0 Å². The average Bonchev–Trinajstić information content (AvgIpc) is 2.74. The Bertz CT molecular complexity index is 857. The molecule has 1 aliphatic rings. The summed E-state index contributed by atoms with van der Waals surface area (Å²) in [6.45, 7) is 3.14. The van der Waals surface area contributed by atoms with Gasteiger partial charge in [0, 0.05) is 35.8 Å². The number of carbonyl (C=O) groups is 1. The number of hydrogen-bond donors (Lipinski definition) is 3. The molecular weight excluding hydrogens is 423 g/mol. The van der Waals surface area contributed by atoms with E-state index in [1.54, 1.807) is 0 Å². The summed E-state index contributed by atoms with van der Waals surface area (Å²) < 4.78 is 19.0. The van der Waals surface area contributed by atoms with Crippen molar-refractivity contribution in [3.05, 3.63) is 64.4 Å². The van der Waals surface area contributed by atoms with Gasteiger partial charge < -0.3 is 20.3 Å². The lowest BCUT2D eigenvalue weighted by Gasteiger charge is -2.33. The summed E-state index contributed by atoms with van der Waals surface area (Å²) in [7, 11) is 0. The molecule has 31 heavy (non-hydrogen) atoms. The zero-order chi connectivity index (χ0) is 22.2. The number of aliphatic hydroxyl groups excluding tert-OH is 1. The second-order valence-electron chi connectivity index (χ2n) is 7.87. The number of benzene rings is 2.